The van der Waals surface area contributed by atoms with E-state index in [2.05, 4.69) is 15.5 Å². The van der Waals surface area contributed by atoms with Crippen LogP contribution < -0.4 is 14.8 Å². The van der Waals surface area contributed by atoms with Gasteiger partial charge in [0.05, 0.1) is 17.9 Å². The van der Waals surface area contributed by atoms with E-state index in [9.17, 15) is 9.18 Å². The molecule has 4 aromatic rings. The highest BCUT2D eigenvalue weighted by Gasteiger charge is 2.17. The molecule has 1 heterocycles. The maximum Gasteiger partial charge on any atom is 0.234 e. The number of ether oxygens (including phenoxy) is 2. The summed E-state index contributed by atoms with van der Waals surface area (Å²) < 4.78 is 26.4. The molecule has 0 aliphatic carbocycles. The summed E-state index contributed by atoms with van der Waals surface area (Å²) in [5, 5.41) is 11.7. The highest BCUT2D eigenvalue weighted by atomic mass is 35.5. The average molecular weight is 513 g/mol. The second-order valence-electron chi connectivity index (χ2n) is 7.50. The van der Waals surface area contributed by atoms with Gasteiger partial charge in [-0.05, 0) is 61.5 Å². The molecule has 1 N–H and O–H groups in total. The van der Waals surface area contributed by atoms with Crippen LogP contribution in [0.25, 0.3) is 5.69 Å². The normalized spacial score (nSPS) is 10.7. The summed E-state index contributed by atoms with van der Waals surface area (Å²) in [6.07, 6.45) is 0. The molecule has 35 heavy (non-hydrogen) atoms. The van der Waals surface area contributed by atoms with Crippen molar-refractivity contribution in [3.8, 4) is 17.2 Å². The number of thioether (sulfide) groups is 1. The molecular formula is C25H22ClFN4O3S. The molecule has 1 aromatic heterocycles. The van der Waals surface area contributed by atoms with E-state index < -0.39 is 5.82 Å². The maximum absolute atomic E-state index is 13.4. The second-order valence-corrected chi connectivity index (χ2v) is 8.85. The molecule has 0 saturated heterocycles. The molecule has 0 spiro atoms. The van der Waals surface area contributed by atoms with E-state index in [0.717, 1.165) is 11.3 Å². The lowest BCUT2D eigenvalue weighted by Gasteiger charge is -2.12. The van der Waals surface area contributed by atoms with Crippen molar-refractivity contribution in [1.29, 1.82) is 0 Å². The van der Waals surface area contributed by atoms with Gasteiger partial charge >= 0.3 is 0 Å². The number of hydrogen-bond donors (Lipinski definition) is 1. The number of nitrogens with zero attached hydrogens (tertiary/aromatic N) is 3. The molecule has 0 aliphatic rings. The quantitative estimate of drug-likeness (QED) is 0.290. The van der Waals surface area contributed by atoms with Gasteiger partial charge in [0.1, 0.15) is 23.9 Å². The van der Waals surface area contributed by atoms with Gasteiger partial charge in [-0.3, -0.25) is 9.36 Å². The lowest BCUT2D eigenvalue weighted by atomic mass is 10.2. The molecule has 4 rings (SSSR count). The predicted octanol–water partition coefficient (Wildman–Crippen LogP) is 5.69. The van der Waals surface area contributed by atoms with E-state index in [-0.39, 0.29) is 23.3 Å². The standard InChI is InChI=1S/C25H22ClFN4O3S/c1-16-3-8-20(9-4-16)34-14-23-29-30-25(31(23)18-6-10-19(33-2)11-7-18)35-15-24(32)28-17-5-12-22(27)21(26)13-17/h3-13H,14-15H2,1-2H3,(H,28,32). The van der Waals surface area contributed by atoms with Crippen molar-refractivity contribution >= 4 is 35.0 Å². The first-order valence-electron chi connectivity index (χ1n) is 10.6. The van der Waals surface area contributed by atoms with Gasteiger partial charge in [0.15, 0.2) is 11.0 Å². The number of carbonyl (C=O) groups is 1. The highest BCUT2D eigenvalue weighted by Crippen LogP contribution is 2.25. The van der Waals surface area contributed by atoms with Crippen LogP contribution in [0.1, 0.15) is 11.4 Å². The zero-order valence-electron chi connectivity index (χ0n) is 19.0. The minimum atomic E-state index is -0.549. The van der Waals surface area contributed by atoms with Crippen LogP contribution in [0.3, 0.4) is 0 Å². The Morgan fingerprint density at radius 2 is 1.77 bits per heavy atom. The number of rotatable bonds is 9. The molecular weight excluding hydrogens is 491 g/mol. The van der Waals surface area contributed by atoms with Crippen LogP contribution in [0, 0.1) is 12.7 Å². The molecule has 0 atom stereocenters. The minimum absolute atomic E-state index is 0.0576. The van der Waals surface area contributed by atoms with Gasteiger partial charge in [-0.2, -0.15) is 0 Å². The molecule has 0 radical (unpaired) electrons. The fraction of sp³-hybridized carbons (Fsp3) is 0.160. The number of halogens is 2. The fourth-order valence-electron chi connectivity index (χ4n) is 3.16. The van der Waals surface area contributed by atoms with Gasteiger partial charge in [0.25, 0.3) is 0 Å². The molecule has 7 nitrogen and oxygen atoms in total. The summed E-state index contributed by atoms with van der Waals surface area (Å²) >= 11 is 7.01. The largest absolute Gasteiger partial charge is 0.497 e. The smallest absolute Gasteiger partial charge is 0.234 e. The molecule has 0 saturated carbocycles. The predicted molar refractivity (Wildman–Crippen MR) is 134 cm³/mol. The lowest BCUT2D eigenvalue weighted by molar-refractivity contribution is -0.113. The molecule has 180 valence electrons. The number of carbonyl (C=O) groups excluding carboxylic acids is 1. The molecule has 10 heteroatoms. The lowest BCUT2D eigenvalue weighted by Crippen LogP contribution is -2.15. The Balaban J connectivity index is 1.51. The molecule has 1 amide bonds. The summed E-state index contributed by atoms with van der Waals surface area (Å²) in [6, 6.07) is 19.2. The third-order valence-corrected chi connectivity index (χ3v) is 6.17. The van der Waals surface area contributed by atoms with E-state index in [1.165, 1.54) is 30.0 Å². The van der Waals surface area contributed by atoms with Gasteiger partial charge in [-0.15, -0.1) is 10.2 Å². The number of aromatic nitrogens is 3. The van der Waals surface area contributed by atoms with E-state index in [1.807, 2.05) is 60.0 Å². The van der Waals surface area contributed by atoms with E-state index in [0.29, 0.717) is 28.2 Å². The Morgan fingerprint density at radius 3 is 2.46 bits per heavy atom. The van der Waals surface area contributed by atoms with Gasteiger partial charge in [0, 0.05) is 11.4 Å². The van der Waals surface area contributed by atoms with Crippen LogP contribution in [0.2, 0.25) is 5.02 Å². The number of anilines is 1. The number of nitrogens with one attached hydrogen (secondary N) is 1. The monoisotopic (exact) mass is 512 g/mol. The first-order valence-corrected chi connectivity index (χ1v) is 11.9. The number of amides is 1. The Hall–Kier alpha value is -3.56. The minimum Gasteiger partial charge on any atom is -0.497 e. The Bertz CT molecular complexity index is 1310. The first-order chi connectivity index (χ1) is 16.9. The fourth-order valence-corrected chi connectivity index (χ4v) is 4.11. The third kappa shape index (κ3) is 6.32. The van der Waals surface area contributed by atoms with E-state index >= 15 is 0 Å². The van der Waals surface area contributed by atoms with Crippen LogP contribution in [-0.4, -0.2) is 33.5 Å². The van der Waals surface area contributed by atoms with Gasteiger partial charge in [0.2, 0.25) is 5.91 Å². The van der Waals surface area contributed by atoms with Crippen molar-refractivity contribution in [2.24, 2.45) is 0 Å². The molecule has 0 aliphatic heterocycles. The van der Waals surface area contributed by atoms with E-state index in [4.69, 9.17) is 21.1 Å². The van der Waals surface area contributed by atoms with Gasteiger partial charge in [-0.25, -0.2) is 4.39 Å². The average Bonchev–Trinajstić information content (AvgIpc) is 3.27. The maximum atomic E-state index is 13.4. The third-order valence-electron chi connectivity index (χ3n) is 4.96. The molecule has 0 fully saturated rings. The molecule has 0 bridgehead atoms. The van der Waals surface area contributed by atoms with Crippen molar-refractivity contribution in [3.63, 3.8) is 0 Å². The highest BCUT2D eigenvalue weighted by molar-refractivity contribution is 7.99. The summed E-state index contributed by atoms with van der Waals surface area (Å²) in [4.78, 5) is 12.5. The van der Waals surface area contributed by atoms with Gasteiger partial charge < -0.3 is 14.8 Å². The summed E-state index contributed by atoms with van der Waals surface area (Å²) in [7, 11) is 1.60. The topological polar surface area (TPSA) is 78.3 Å². The molecule has 3 aromatic carbocycles. The van der Waals surface area contributed by atoms with Crippen molar-refractivity contribution in [2.45, 2.75) is 18.7 Å². The Morgan fingerprint density at radius 1 is 1.06 bits per heavy atom. The summed E-state index contributed by atoms with van der Waals surface area (Å²) in [5.74, 6) is 1.22. The first kappa shape index (κ1) is 24.6. The van der Waals surface area contributed by atoms with Gasteiger partial charge in [-0.1, -0.05) is 41.1 Å². The zero-order chi connectivity index (χ0) is 24.8. The van der Waals surface area contributed by atoms with Crippen LogP contribution in [0.4, 0.5) is 10.1 Å². The molecule has 0 unspecified atom stereocenters. The Labute approximate surface area is 211 Å². The zero-order valence-corrected chi connectivity index (χ0v) is 20.6. The van der Waals surface area contributed by atoms with Crippen molar-refractivity contribution in [1.82, 2.24) is 14.8 Å². The Kier molecular flexibility index (Phi) is 7.89. The van der Waals surface area contributed by atoms with E-state index in [1.54, 1.807) is 7.11 Å². The van der Waals surface area contributed by atoms with Crippen molar-refractivity contribution < 1.29 is 18.7 Å². The number of benzene rings is 3. The van der Waals surface area contributed by atoms with Crippen molar-refractivity contribution in [2.75, 3.05) is 18.2 Å². The van der Waals surface area contributed by atoms with Crippen LogP contribution in [0.15, 0.2) is 71.9 Å². The van der Waals surface area contributed by atoms with Crippen molar-refractivity contribution in [3.05, 3.63) is 89.0 Å². The summed E-state index contributed by atoms with van der Waals surface area (Å²) in [5.41, 5.74) is 2.34. The number of aryl methyl sites for hydroxylation is 1. The summed E-state index contributed by atoms with van der Waals surface area (Å²) in [6.45, 7) is 2.19. The van der Waals surface area contributed by atoms with Crippen LogP contribution >= 0.6 is 23.4 Å². The second kappa shape index (κ2) is 11.2. The van der Waals surface area contributed by atoms with Crippen LogP contribution in [-0.2, 0) is 11.4 Å². The number of hydrogen-bond acceptors (Lipinski definition) is 6. The van der Waals surface area contributed by atoms with Crippen LogP contribution in [0.5, 0.6) is 11.5 Å². The number of methoxy groups -OCH3 is 1. The SMILES string of the molecule is COc1ccc(-n2c(COc3ccc(C)cc3)nnc2SCC(=O)Nc2ccc(F)c(Cl)c2)cc1.